The van der Waals surface area contributed by atoms with E-state index >= 15 is 0 Å². The number of hydrogen-bond donors (Lipinski definition) is 2. The summed E-state index contributed by atoms with van der Waals surface area (Å²) in [7, 11) is 0. The van der Waals surface area contributed by atoms with Gasteiger partial charge in [0.25, 0.3) is 0 Å². The normalized spacial score (nSPS) is 18.0. The number of nitrogens with one attached hydrogen (secondary N) is 1. The Morgan fingerprint density at radius 2 is 2.05 bits per heavy atom. The van der Waals surface area contributed by atoms with Crippen molar-refractivity contribution < 1.29 is 4.79 Å². The molecule has 1 aliphatic carbocycles. The lowest BCUT2D eigenvalue weighted by molar-refractivity contribution is -0.128. The van der Waals surface area contributed by atoms with Crippen molar-refractivity contribution in [3.05, 3.63) is 34.9 Å². The van der Waals surface area contributed by atoms with Gasteiger partial charge in [-0.15, -0.1) is 0 Å². The second-order valence-electron chi connectivity index (χ2n) is 5.20. The molecule has 3 N–H and O–H groups in total. The molecule has 0 atom stereocenters. The first kappa shape index (κ1) is 14.4. The molecule has 0 heterocycles. The fourth-order valence-electron chi connectivity index (χ4n) is 2.94. The van der Waals surface area contributed by atoms with Gasteiger partial charge in [0, 0.05) is 18.1 Å². The third-order valence-electron chi connectivity index (χ3n) is 3.95. The molecule has 1 aliphatic rings. The quantitative estimate of drug-likeness (QED) is 0.891. The van der Waals surface area contributed by atoms with Crippen LogP contribution in [-0.4, -0.2) is 19.0 Å². The van der Waals surface area contributed by atoms with E-state index in [-0.39, 0.29) is 5.91 Å². The monoisotopic (exact) mass is 280 g/mol. The zero-order chi connectivity index (χ0) is 13.7. The molecule has 0 radical (unpaired) electrons. The van der Waals surface area contributed by atoms with E-state index in [0.29, 0.717) is 18.1 Å². The first-order chi connectivity index (χ1) is 9.19. The number of carbonyl (C=O) groups is 1. The van der Waals surface area contributed by atoms with Crippen LogP contribution in [-0.2, 0) is 10.2 Å². The fourth-order valence-corrected chi connectivity index (χ4v) is 3.13. The Bertz CT molecular complexity index is 442. The lowest BCUT2D eigenvalue weighted by atomic mass is 9.68. The van der Waals surface area contributed by atoms with Gasteiger partial charge in [0.05, 0.1) is 5.41 Å². The predicted octanol–water partition coefficient (Wildman–Crippen LogP) is 2.62. The minimum atomic E-state index is -0.418. The Labute approximate surface area is 119 Å². The average molecular weight is 281 g/mol. The van der Waals surface area contributed by atoms with Crippen molar-refractivity contribution in [1.82, 2.24) is 5.32 Å². The van der Waals surface area contributed by atoms with Crippen LogP contribution in [0.2, 0.25) is 5.02 Å². The van der Waals surface area contributed by atoms with E-state index in [1.165, 1.54) is 6.42 Å². The standard InChI is InChI=1S/C15H21ClN2O/c16-13-6-4-5-12(11-13)15(7-2-1-3-8-15)14(19)18-10-9-17/h4-6,11H,1-3,7-10,17H2,(H,18,19). The van der Waals surface area contributed by atoms with Crippen LogP contribution in [0.3, 0.4) is 0 Å². The van der Waals surface area contributed by atoms with Gasteiger partial charge in [0.2, 0.25) is 5.91 Å². The maximum atomic E-state index is 12.6. The Balaban J connectivity index is 2.31. The summed E-state index contributed by atoms with van der Waals surface area (Å²) < 4.78 is 0. The van der Waals surface area contributed by atoms with Crippen LogP contribution in [0.1, 0.15) is 37.7 Å². The van der Waals surface area contributed by atoms with E-state index in [2.05, 4.69) is 5.32 Å². The van der Waals surface area contributed by atoms with Crippen LogP contribution in [0.15, 0.2) is 24.3 Å². The SMILES string of the molecule is NCCNC(=O)C1(c2cccc(Cl)c2)CCCCC1. The molecule has 1 fully saturated rings. The molecule has 19 heavy (non-hydrogen) atoms. The van der Waals surface area contributed by atoms with Crippen LogP contribution < -0.4 is 11.1 Å². The predicted molar refractivity (Wildman–Crippen MR) is 78.3 cm³/mol. The summed E-state index contributed by atoms with van der Waals surface area (Å²) in [5.74, 6) is 0.0971. The molecule has 1 aromatic carbocycles. The number of benzene rings is 1. The number of halogens is 1. The van der Waals surface area contributed by atoms with Gasteiger partial charge in [-0.25, -0.2) is 0 Å². The van der Waals surface area contributed by atoms with Crippen LogP contribution >= 0.6 is 11.6 Å². The van der Waals surface area contributed by atoms with Gasteiger partial charge in [-0.3, -0.25) is 4.79 Å². The Kier molecular flexibility index (Phi) is 4.83. The lowest BCUT2D eigenvalue weighted by Crippen LogP contribution is -2.47. The zero-order valence-corrected chi connectivity index (χ0v) is 11.9. The topological polar surface area (TPSA) is 55.1 Å². The van der Waals surface area contributed by atoms with Crippen molar-refractivity contribution in [3.63, 3.8) is 0 Å². The molecule has 0 saturated heterocycles. The van der Waals surface area contributed by atoms with Crippen molar-refractivity contribution in [2.24, 2.45) is 5.73 Å². The van der Waals surface area contributed by atoms with Crippen LogP contribution in [0.4, 0.5) is 0 Å². The third kappa shape index (κ3) is 3.10. The van der Waals surface area contributed by atoms with E-state index in [0.717, 1.165) is 31.2 Å². The first-order valence-electron chi connectivity index (χ1n) is 6.93. The second-order valence-corrected chi connectivity index (χ2v) is 5.63. The van der Waals surface area contributed by atoms with E-state index < -0.39 is 5.41 Å². The molecule has 4 heteroatoms. The largest absolute Gasteiger partial charge is 0.354 e. The molecule has 1 aromatic rings. The molecule has 1 amide bonds. The van der Waals surface area contributed by atoms with Gasteiger partial charge in [0.1, 0.15) is 0 Å². The van der Waals surface area contributed by atoms with Gasteiger partial charge in [-0.2, -0.15) is 0 Å². The molecular formula is C15H21ClN2O. The molecule has 0 aliphatic heterocycles. The summed E-state index contributed by atoms with van der Waals surface area (Å²) in [6.07, 6.45) is 5.16. The Hall–Kier alpha value is -1.06. The molecule has 2 rings (SSSR count). The molecule has 0 aromatic heterocycles. The minimum absolute atomic E-state index is 0.0971. The van der Waals surface area contributed by atoms with Gasteiger partial charge in [0.15, 0.2) is 0 Å². The summed E-state index contributed by atoms with van der Waals surface area (Å²) in [5, 5.41) is 3.64. The van der Waals surface area contributed by atoms with Crippen LogP contribution in [0.25, 0.3) is 0 Å². The van der Waals surface area contributed by atoms with E-state index in [1.807, 2.05) is 24.3 Å². The van der Waals surface area contributed by atoms with Crippen molar-refractivity contribution in [2.75, 3.05) is 13.1 Å². The van der Waals surface area contributed by atoms with Gasteiger partial charge in [-0.05, 0) is 30.5 Å². The summed E-state index contributed by atoms with van der Waals surface area (Å²) in [6, 6.07) is 7.71. The second kappa shape index (κ2) is 6.40. The molecular weight excluding hydrogens is 260 g/mol. The summed E-state index contributed by atoms with van der Waals surface area (Å²) in [4.78, 5) is 12.6. The summed E-state index contributed by atoms with van der Waals surface area (Å²) in [5.41, 5.74) is 6.09. The highest BCUT2D eigenvalue weighted by Gasteiger charge is 2.40. The van der Waals surface area contributed by atoms with Crippen molar-refractivity contribution >= 4 is 17.5 Å². The van der Waals surface area contributed by atoms with Crippen molar-refractivity contribution in [2.45, 2.75) is 37.5 Å². The molecule has 3 nitrogen and oxygen atoms in total. The molecule has 104 valence electrons. The maximum Gasteiger partial charge on any atom is 0.230 e. The van der Waals surface area contributed by atoms with E-state index in [4.69, 9.17) is 17.3 Å². The smallest absolute Gasteiger partial charge is 0.230 e. The number of amides is 1. The first-order valence-corrected chi connectivity index (χ1v) is 7.31. The fraction of sp³-hybridized carbons (Fsp3) is 0.533. The highest BCUT2D eigenvalue weighted by Crippen LogP contribution is 2.40. The lowest BCUT2D eigenvalue weighted by Gasteiger charge is -2.36. The van der Waals surface area contributed by atoms with Crippen LogP contribution in [0, 0.1) is 0 Å². The van der Waals surface area contributed by atoms with Gasteiger partial charge < -0.3 is 11.1 Å². The van der Waals surface area contributed by atoms with Crippen LogP contribution in [0.5, 0.6) is 0 Å². The summed E-state index contributed by atoms with van der Waals surface area (Å²) in [6.45, 7) is 0.999. The molecule has 0 spiro atoms. The summed E-state index contributed by atoms with van der Waals surface area (Å²) >= 11 is 6.08. The third-order valence-corrected chi connectivity index (χ3v) is 4.18. The van der Waals surface area contributed by atoms with Gasteiger partial charge in [-0.1, -0.05) is 43.0 Å². The minimum Gasteiger partial charge on any atom is -0.354 e. The molecule has 0 bridgehead atoms. The average Bonchev–Trinajstić information content (AvgIpc) is 2.45. The highest BCUT2D eigenvalue weighted by molar-refractivity contribution is 6.30. The maximum absolute atomic E-state index is 12.6. The number of rotatable bonds is 4. The molecule has 0 unspecified atom stereocenters. The Morgan fingerprint density at radius 3 is 2.68 bits per heavy atom. The number of hydrogen-bond acceptors (Lipinski definition) is 2. The molecule has 1 saturated carbocycles. The van der Waals surface area contributed by atoms with Gasteiger partial charge >= 0.3 is 0 Å². The zero-order valence-electron chi connectivity index (χ0n) is 11.1. The Morgan fingerprint density at radius 1 is 1.32 bits per heavy atom. The number of carbonyl (C=O) groups excluding carboxylic acids is 1. The van der Waals surface area contributed by atoms with E-state index in [9.17, 15) is 4.79 Å². The highest BCUT2D eigenvalue weighted by atomic mass is 35.5. The van der Waals surface area contributed by atoms with Crippen molar-refractivity contribution in [3.8, 4) is 0 Å². The number of nitrogens with two attached hydrogens (primary N) is 1. The van der Waals surface area contributed by atoms with E-state index in [1.54, 1.807) is 0 Å². The van der Waals surface area contributed by atoms with Crippen molar-refractivity contribution in [1.29, 1.82) is 0 Å².